The Morgan fingerprint density at radius 1 is 1.00 bits per heavy atom. The Kier molecular flexibility index (Phi) is 9.34. The molecule has 0 unspecified atom stereocenters. The van der Waals surface area contributed by atoms with E-state index < -0.39 is 35.0 Å². The molecule has 0 spiro atoms. The summed E-state index contributed by atoms with van der Waals surface area (Å²) in [6, 6.07) is 12.8. The highest BCUT2D eigenvalue weighted by Gasteiger charge is 2.31. The van der Waals surface area contributed by atoms with Gasteiger partial charge in [0, 0.05) is 18.1 Å². The number of carbonyl (C=O) groups excluding carboxylic acids is 3. The van der Waals surface area contributed by atoms with Crippen molar-refractivity contribution in [2.75, 3.05) is 7.11 Å². The van der Waals surface area contributed by atoms with Gasteiger partial charge in [-0.25, -0.2) is 9.59 Å². The number of rotatable bonds is 10. The standard InChI is InChI=1S/C23H27N3O7/c1-15(2)20(25-23(29)33-14-16-9-5-4-6-10-16)21(27)24-18(22(28)32-3)13-17-11-7-8-12-19(17)26(30)31/h4-12,15,18,20H,13-14H2,1-3H3,(H,24,27)(H,25,29)/t18-,20-/m0/s1. The number of nitrogens with one attached hydrogen (secondary N) is 2. The zero-order valence-electron chi connectivity index (χ0n) is 18.6. The van der Waals surface area contributed by atoms with E-state index in [1.54, 1.807) is 32.0 Å². The zero-order chi connectivity index (χ0) is 24.4. The number of ether oxygens (including phenoxy) is 2. The third-order valence-electron chi connectivity index (χ3n) is 4.85. The Hall–Kier alpha value is -3.95. The second-order valence-corrected chi connectivity index (χ2v) is 7.60. The van der Waals surface area contributed by atoms with Gasteiger partial charge in [0.2, 0.25) is 5.91 Å². The molecule has 0 fully saturated rings. The number of methoxy groups -OCH3 is 1. The van der Waals surface area contributed by atoms with Gasteiger partial charge >= 0.3 is 12.1 Å². The van der Waals surface area contributed by atoms with Crippen molar-refractivity contribution in [3.63, 3.8) is 0 Å². The zero-order valence-corrected chi connectivity index (χ0v) is 18.6. The maximum atomic E-state index is 12.9. The molecular formula is C23H27N3O7. The molecule has 10 heteroatoms. The Labute approximate surface area is 191 Å². The van der Waals surface area contributed by atoms with Crippen molar-refractivity contribution in [1.82, 2.24) is 10.6 Å². The largest absolute Gasteiger partial charge is 0.467 e. The van der Waals surface area contributed by atoms with E-state index in [-0.39, 0.29) is 30.2 Å². The molecule has 0 saturated heterocycles. The van der Waals surface area contributed by atoms with Crippen LogP contribution in [0.5, 0.6) is 0 Å². The first-order valence-corrected chi connectivity index (χ1v) is 10.3. The number of nitro groups is 1. The fourth-order valence-electron chi connectivity index (χ4n) is 3.11. The monoisotopic (exact) mass is 457 g/mol. The van der Waals surface area contributed by atoms with Crippen molar-refractivity contribution in [3.8, 4) is 0 Å². The fraction of sp³-hybridized carbons (Fsp3) is 0.348. The molecule has 0 aromatic heterocycles. The third-order valence-corrected chi connectivity index (χ3v) is 4.85. The minimum absolute atomic E-state index is 0.0293. The number of alkyl carbamates (subject to hydrolysis) is 1. The summed E-state index contributed by atoms with van der Waals surface area (Å²) in [5.74, 6) is -1.75. The number of hydrogen-bond donors (Lipinski definition) is 2. The minimum Gasteiger partial charge on any atom is -0.467 e. The van der Waals surface area contributed by atoms with Crippen LogP contribution in [0.1, 0.15) is 25.0 Å². The van der Waals surface area contributed by atoms with Crippen molar-refractivity contribution in [2.24, 2.45) is 5.92 Å². The minimum atomic E-state index is -1.19. The summed E-state index contributed by atoms with van der Waals surface area (Å²) in [7, 11) is 1.15. The SMILES string of the molecule is COC(=O)[C@H](Cc1ccccc1[N+](=O)[O-])NC(=O)[C@@H](NC(=O)OCc1ccccc1)C(C)C. The van der Waals surface area contributed by atoms with Gasteiger partial charge in [-0.1, -0.05) is 62.4 Å². The quantitative estimate of drug-likeness (QED) is 0.318. The highest BCUT2D eigenvalue weighted by molar-refractivity contribution is 5.90. The van der Waals surface area contributed by atoms with Crippen LogP contribution in [-0.4, -0.2) is 42.1 Å². The molecule has 0 heterocycles. The van der Waals surface area contributed by atoms with E-state index in [9.17, 15) is 24.5 Å². The lowest BCUT2D eigenvalue weighted by Gasteiger charge is -2.24. The first-order valence-electron chi connectivity index (χ1n) is 10.3. The lowest BCUT2D eigenvalue weighted by atomic mass is 10.0. The van der Waals surface area contributed by atoms with E-state index in [1.807, 2.05) is 18.2 Å². The Morgan fingerprint density at radius 2 is 1.64 bits per heavy atom. The maximum Gasteiger partial charge on any atom is 0.408 e. The lowest BCUT2D eigenvalue weighted by molar-refractivity contribution is -0.385. The number of benzene rings is 2. The van der Waals surface area contributed by atoms with E-state index in [1.165, 1.54) is 18.2 Å². The van der Waals surface area contributed by atoms with Crippen molar-refractivity contribution >= 4 is 23.7 Å². The number of nitrogens with zero attached hydrogens (tertiary/aromatic N) is 1. The predicted octanol–water partition coefficient (Wildman–Crippen LogP) is 2.75. The van der Waals surface area contributed by atoms with Gasteiger partial charge in [0.05, 0.1) is 12.0 Å². The second kappa shape index (κ2) is 12.2. The second-order valence-electron chi connectivity index (χ2n) is 7.60. The van der Waals surface area contributed by atoms with Crippen LogP contribution in [0.2, 0.25) is 0 Å². The number of amides is 2. The topological polar surface area (TPSA) is 137 Å². The molecule has 0 bridgehead atoms. The smallest absolute Gasteiger partial charge is 0.408 e. The van der Waals surface area contributed by atoms with Gasteiger partial charge < -0.3 is 20.1 Å². The van der Waals surface area contributed by atoms with Crippen molar-refractivity contribution < 1.29 is 28.8 Å². The summed E-state index contributed by atoms with van der Waals surface area (Å²) in [5.41, 5.74) is 0.867. The van der Waals surface area contributed by atoms with Gasteiger partial charge in [0.25, 0.3) is 5.69 Å². The Balaban J connectivity index is 2.09. The van der Waals surface area contributed by atoms with Crippen molar-refractivity contribution in [3.05, 3.63) is 75.8 Å². The van der Waals surface area contributed by atoms with Crippen LogP contribution in [-0.2, 0) is 32.1 Å². The van der Waals surface area contributed by atoms with E-state index in [4.69, 9.17) is 9.47 Å². The van der Waals surface area contributed by atoms with Crippen LogP contribution >= 0.6 is 0 Å². The lowest BCUT2D eigenvalue weighted by Crippen LogP contribution is -2.54. The molecule has 0 aliphatic heterocycles. The van der Waals surface area contributed by atoms with E-state index in [0.717, 1.165) is 12.7 Å². The van der Waals surface area contributed by atoms with Crippen molar-refractivity contribution in [2.45, 2.75) is 39.0 Å². The summed E-state index contributed by atoms with van der Waals surface area (Å²) in [5, 5.41) is 16.3. The first kappa shape index (κ1) is 25.3. The van der Waals surface area contributed by atoms with Crippen LogP contribution in [0, 0.1) is 16.0 Å². The van der Waals surface area contributed by atoms with E-state index in [0.29, 0.717) is 0 Å². The van der Waals surface area contributed by atoms with Crippen LogP contribution in [0.25, 0.3) is 0 Å². The van der Waals surface area contributed by atoms with Gasteiger partial charge in [-0.05, 0) is 11.5 Å². The molecule has 0 radical (unpaired) electrons. The van der Waals surface area contributed by atoms with Gasteiger partial charge in [-0.3, -0.25) is 14.9 Å². The highest BCUT2D eigenvalue weighted by atomic mass is 16.6. The molecule has 2 atom stereocenters. The molecule has 33 heavy (non-hydrogen) atoms. The van der Waals surface area contributed by atoms with E-state index >= 15 is 0 Å². The Morgan fingerprint density at radius 3 is 2.24 bits per heavy atom. The van der Waals surface area contributed by atoms with Gasteiger partial charge in [0.15, 0.2) is 0 Å². The summed E-state index contributed by atoms with van der Waals surface area (Å²) < 4.78 is 9.93. The highest BCUT2D eigenvalue weighted by Crippen LogP contribution is 2.20. The molecular weight excluding hydrogens is 430 g/mol. The number of hydrogen-bond acceptors (Lipinski definition) is 7. The van der Waals surface area contributed by atoms with Crippen LogP contribution < -0.4 is 10.6 Å². The number of para-hydroxylation sites is 1. The van der Waals surface area contributed by atoms with Gasteiger partial charge in [0.1, 0.15) is 18.7 Å². The molecule has 176 valence electrons. The summed E-state index contributed by atoms with van der Waals surface area (Å²) in [6.45, 7) is 3.47. The van der Waals surface area contributed by atoms with Crippen molar-refractivity contribution in [1.29, 1.82) is 0 Å². The summed E-state index contributed by atoms with van der Waals surface area (Å²) in [4.78, 5) is 48.2. The molecule has 0 aliphatic carbocycles. The number of nitro benzene ring substituents is 1. The van der Waals surface area contributed by atoms with E-state index in [2.05, 4.69) is 10.6 Å². The molecule has 2 aromatic rings. The van der Waals surface area contributed by atoms with Crippen LogP contribution in [0.15, 0.2) is 54.6 Å². The molecule has 2 rings (SSSR count). The van der Waals surface area contributed by atoms with Crippen LogP contribution in [0.4, 0.5) is 10.5 Å². The van der Waals surface area contributed by atoms with Crippen LogP contribution in [0.3, 0.4) is 0 Å². The number of esters is 1. The molecule has 2 N–H and O–H groups in total. The molecule has 10 nitrogen and oxygen atoms in total. The average Bonchev–Trinajstić information content (AvgIpc) is 2.80. The average molecular weight is 457 g/mol. The summed E-state index contributed by atoms with van der Waals surface area (Å²) >= 11 is 0. The van der Waals surface area contributed by atoms with Gasteiger partial charge in [-0.15, -0.1) is 0 Å². The Bertz CT molecular complexity index is 979. The number of carbonyl (C=O) groups is 3. The normalized spacial score (nSPS) is 12.4. The molecule has 2 amide bonds. The summed E-state index contributed by atoms with van der Waals surface area (Å²) in [6.07, 6.45) is -0.945. The first-order chi connectivity index (χ1) is 15.7. The molecule has 2 aromatic carbocycles. The maximum absolute atomic E-state index is 12.9. The molecule has 0 saturated carbocycles. The fourth-order valence-corrected chi connectivity index (χ4v) is 3.11. The predicted molar refractivity (Wildman–Crippen MR) is 119 cm³/mol. The molecule has 0 aliphatic rings. The van der Waals surface area contributed by atoms with Gasteiger partial charge in [-0.2, -0.15) is 0 Å². The third kappa shape index (κ3) is 7.60.